The third kappa shape index (κ3) is 2.31. The maximum atomic E-state index is 4.16. The fourth-order valence-electron chi connectivity index (χ4n) is 1.22. The minimum absolute atomic E-state index is 0.474. The van der Waals surface area contributed by atoms with Gasteiger partial charge in [0, 0.05) is 24.0 Å². The van der Waals surface area contributed by atoms with E-state index in [-0.39, 0.29) is 0 Å². The molecular formula is C10H13N5. The molecule has 0 fully saturated rings. The molecule has 0 N–H and O–H groups in total. The lowest BCUT2D eigenvalue weighted by Crippen LogP contribution is -1.95. The molecule has 0 aliphatic heterocycles. The fraction of sp³-hybridized carbons (Fsp3) is 0.300. The summed E-state index contributed by atoms with van der Waals surface area (Å²) in [5, 5.41) is 11.5. The van der Waals surface area contributed by atoms with Gasteiger partial charge >= 0.3 is 0 Å². The highest BCUT2D eigenvalue weighted by atomic mass is 15.4. The van der Waals surface area contributed by atoms with E-state index in [1.165, 1.54) is 0 Å². The van der Waals surface area contributed by atoms with Gasteiger partial charge in [0.05, 0.1) is 6.21 Å². The van der Waals surface area contributed by atoms with Crippen LogP contribution in [0.3, 0.4) is 0 Å². The summed E-state index contributed by atoms with van der Waals surface area (Å²) >= 11 is 0. The van der Waals surface area contributed by atoms with Crippen LogP contribution >= 0.6 is 0 Å². The summed E-state index contributed by atoms with van der Waals surface area (Å²) in [6.07, 6.45) is 8.98. The third-order valence-electron chi connectivity index (χ3n) is 2.08. The normalized spacial score (nSPS) is 11.7. The molecule has 0 radical (unpaired) electrons. The third-order valence-corrected chi connectivity index (χ3v) is 2.08. The van der Waals surface area contributed by atoms with E-state index in [0.717, 1.165) is 5.56 Å². The van der Waals surface area contributed by atoms with Gasteiger partial charge in [-0.2, -0.15) is 5.10 Å². The summed E-state index contributed by atoms with van der Waals surface area (Å²) in [5.41, 5.74) is 1.07. The van der Waals surface area contributed by atoms with E-state index in [2.05, 4.69) is 39.9 Å². The molecule has 2 rings (SSSR count). The smallest absolute Gasteiger partial charge is 0.141 e. The minimum Gasteiger partial charge on any atom is -0.351 e. The van der Waals surface area contributed by atoms with Gasteiger partial charge in [-0.15, -0.1) is 10.2 Å². The lowest BCUT2D eigenvalue weighted by Gasteiger charge is -2.04. The highest BCUT2D eigenvalue weighted by Gasteiger charge is 1.97. The molecule has 5 nitrogen and oxygen atoms in total. The van der Waals surface area contributed by atoms with Gasteiger partial charge in [0.15, 0.2) is 0 Å². The van der Waals surface area contributed by atoms with Crippen molar-refractivity contribution in [3.05, 3.63) is 36.7 Å². The van der Waals surface area contributed by atoms with E-state index >= 15 is 0 Å². The van der Waals surface area contributed by atoms with Crippen molar-refractivity contribution >= 4 is 6.21 Å². The Kier molecular flexibility index (Phi) is 2.62. The van der Waals surface area contributed by atoms with Crippen molar-refractivity contribution in [1.82, 2.24) is 19.4 Å². The van der Waals surface area contributed by atoms with Crippen LogP contribution < -0.4 is 0 Å². The van der Waals surface area contributed by atoms with Crippen LogP contribution in [0.1, 0.15) is 25.5 Å². The topological polar surface area (TPSA) is 48.0 Å². The molecule has 0 atom stereocenters. The van der Waals surface area contributed by atoms with E-state index in [1.807, 2.05) is 12.3 Å². The Balaban J connectivity index is 2.11. The van der Waals surface area contributed by atoms with Crippen molar-refractivity contribution in [3.63, 3.8) is 0 Å². The maximum absolute atomic E-state index is 4.16. The number of rotatable bonds is 3. The van der Waals surface area contributed by atoms with Crippen molar-refractivity contribution in [2.24, 2.45) is 5.10 Å². The molecule has 0 bridgehead atoms. The molecule has 5 heteroatoms. The highest BCUT2D eigenvalue weighted by molar-refractivity contribution is 5.79. The molecule has 2 aromatic heterocycles. The SMILES string of the molecule is CC(C)n1ccc(/C=N\n2cnnc2)c1. The average molecular weight is 203 g/mol. The molecule has 0 unspecified atom stereocenters. The van der Waals surface area contributed by atoms with Gasteiger partial charge in [-0.25, -0.2) is 4.68 Å². The first-order chi connectivity index (χ1) is 7.25. The lowest BCUT2D eigenvalue weighted by atomic mass is 10.4. The average Bonchev–Trinajstić information content (AvgIpc) is 2.86. The quantitative estimate of drug-likeness (QED) is 0.710. The molecule has 0 saturated heterocycles. The summed E-state index contributed by atoms with van der Waals surface area (Å²) in [4.78, 5) is 0. The van der Waals surface area contributed by atoms with Gasteiger partial charge in [-0.05, 0) is 19.9 Å². The Morgan fingerprint density at radius 2 is 2.07 bits per heavy atom. The van der Waals surface area contributed by atoms with Crippen LogP contribution in [0.15, 0.2) is 36.2 Å². The van der Waals surface area contributed by atoms with Crippen molar-refractivity contribution < 1.29 is 0 Å². The van der Waals surface area contributed by atoms with Crippen LogP contribution in [0.25, 0.3) is 0 Å². The zero-order valence-corrected chi connectivity index (χ0v) is 8.78. The largest absolute Gasteiger partial charge is 0.351 e. The van der Waals surface area contributed by atoms with Gasteiger partial charge in [-0.1, -0.05) is 0 Å². The number of hydrogen-bond donors (Lipinski definition) is 0. The second kappa shape index (κ2) is 4.08. The number of nitrogens with zero attached hydrogens (tertiary/aromatic N) is 5. The summed E-state index contributed by atoms with van der Waals surface area (Å²) in [7, 11) is 0. The van der Waals surface area contributed by atoms with E-state index < -0.39 is 0 Å². The maximum Gasteiger partial charge on any atom is 0.141 e. The second-order valence-electron chi connectivity index (χ2n) is 3.57. The molecule has 0 aliphatic rings. The van der Waals surface area contributed by atoms with Crippen LogP contribution in [0.4, 0.5) is 0 Å². The van der Waals surface area contributed by atoms with Crippen LogP contribution in [-0.4, -0.2) is 25.7 Å². The summed E-state index contributed by atoms with van der Waals surface area (Å²) in [5.74, 6) is 0. The zero-order valence-electron chi connectivity index (χ0n) is 8.78. The fourth-order valence-corrected chi connectivity index (χ4v) is 1.22. The molecule has 2 aromatic rings. The second-order valence-corrected chi connectivity index (χ2v) is 3.57. The van der Waals surface area contributed by atoms with Crippen LogP contribution in [0.2, 0.25) is 0 Å². The first kappa shape index (κ1) is 9.64. The monoisotopic (exact) mass is 203 g/mol. The Labute approximate surface area is 88.1 Å². The van der Waals surface area contributed by atoms with Crippen LogP contribution in [0, 0.1) is 0 Å². The predicted octanol–water partition coefficient (Wildman–Crippen LogP) is 1.54. The van der Waals surface area contributed by atoms with Gasteiger partial charge in [0.2, 0.25) is 0 Å². The van der Waals surface area contributed by atoms with Crippen molar-refractivity contribution in [2.45, 2.75) is 19.9 Å². The van der Waals surface area contributed by atoms with Crippen molar-refractivity contribution in [2.75, 3.05) is 0 Å². The molecule has 0 aliphatic carbocycles. The Morgan fingerprint density at radius 1 is 1.33 bits per heavy atom. The van der Waals surface area contributed by atoms with Crippen LogP contribution in [-0.2, 0) is 0 Å². The molecule has 2 heterocycles. The van der Waals surface area contributed by atoms with Gasteiger partial charge in [0.1, 0.15) is 12.7 Å². The van der Waals surface area contributed by atoms with E-state index in [0.29, 0.717) is 6.04 Å². The zero-order chi connectivity index (χ0) is 10.7. The standard InChI is InChI=1S/C10H13N5/c1-9(2)14-4-3-10(6-14)5-13-15-7-11-12-8-15/h3-9H,1-2H3/b13-5-. The lowest BCUT2D eigenvalue weighted by molar-refractivity contribution is 0.603. The minimum atomic E-state index is 0.474. The molecule has 0 amide bonds. The van der Waals surface area contributed by atoms with Crippen LogP contribution in [0.5, 0.6) is 0 Å². The predicted molar refractivity (Wildman–Crippen MR) is 57.8 cm³/mol. The highest BCUT2D eigenvalue weighted by Crippen LogP contribution is 2.06. The molecule has 78 valence electrons. The molecule has 0 spiro atoms. The first-order valence-electron chi connectivity index (χ1n) is 4.82. The van der Waals surface area contributed by atoms with Crippen molar-refractivity contribution in [1.29, 1.82) is 0 Å². The van der Waals surface area contributed by atoms with E-state index in [9.17, 15) is 0 Å². The summed E-state index contributed by atoms with van der Waals surface area (Å²) in [6, 6.07) is 2.50. The molecule has 15 heavy (non-hydrogen) atoms. The van der Waals surface area contributed by atoms with Gasteiger partial charge < -0.3 is 4.57 Å². The summed E-state index contributed by atoms with van der Waals surface area (Å²) < 4.78 is 3.69. The molecular weight excluding hydrogens is 190 g/mol. The molecule has 0 aromatic carbocycles. The Bertz CT molecular complexity index is 438. The Morgan fingerprint density at radius 3 is 2.67 bits per heavy atom. The summed E-state index contributed by atoms with van der Waals surface area (Å²) in [6.45, 7) is 4.28. The molecule has 0 saturated carbocycles. The van der Waals surface area contributed by atoms with E-state index in [1.54, 1.807) is 23.5 Å². The number of hydrogen-bond acceptors (Lipinski definition) is 3. The van der Waals surface area contributed by atoms with Gasteiger partial charge in [0.25, 0.3) is 0 Å². The van der Waals surface area contributed by atoms with Crippen molar-refractivity contribution in [3.8, 4) is 0 Å². The van der Waals surface area contributed by atoms with Gasteiger partial charge in [-0.3, -0.25) is 0 Å². The first-order valence-corrected chi connectivity index (χ1v) is 4.82. The van der Waals surface area contributed by atoms with E-state index in [4.69, 9.17) is 0 Å². The Hall–Kier alpha value is -1.91. The number of aromatic nitrogens is 4.